The highest BCUT2D eigenvalue weighted by molar-refractivity contribution is 7.07. The van der Waals surface area contributed by atoms with Crippen LogP contribution >= 0.6 is 11.3 Å². The molecule has 2 fully saturated rings. The van der Waals surface area contributed by atoms with Gasteiger partial charge in [-0.05, 0) is 38.5 Å². The molecule has 1 saturated heterocycles. The molecule has 0 radical (unpaired) electrons. The van der Waals surface area contributed by atoms with Gasteiger partial charge < -0.3 is 14.6 Å². The minimum Gasteiger partial charge on any atom is -0.393 e. The first-order valence-electron chi connectivity index (χ1n) is 9.55. The molecule has 1 N–H and O–H groups in total. The Morgan fingerprint density at radius 3 is 2.85 bits per heavy atom. The zero-order valence-electron chi connectivity index (χ0n) is 15.0. The molecule has 0 bridgehead atoms. The van der Waals surface area contributed by atoms with Crippen LogP contribution in [0.15, 0.2) is 23.3 Å². The summed E-state index contributed by atoms with van der Waals surface area (Å²) in [7, 11) is 0. The highest BCUT2D eigenvalue weighted by Gasteiger charge is 2.33. The zero-order chi connectivity index (χ0) is 17.9. The van der Waals surface area contributed by atoms with Crippen LogP contribution in [0, 0.1) is 5.92 Å². The van der Waals surface area contributed by atoms with E-state index in [0.717, 1.165) is 69.7 Å². The first-order chi connectivity index (χ1) is 12.7. The normalized spacial score (nSPS) is 26.8. The van der Waals surface area contributed by atoms with Gasteiger partial charge in [-0.1, -0.05) is 0 Å². The Kier molecular flexibility index (Phi) is 5.36. The molecule has 0 spiro atoms. The average Bonchev–Trinajstić information content (AvgIpc) is 3.34. The largest absolute Gasteiger partial charge is 0.393 e. The van der Waals surface area contributed by atoms with Crippen LogP contribution in [0.3, 0.4) is 0 Å². The standard InChI is InChI=1S/C19H26N4O2S/c24-17-5-3-14(4-6-17)19(25)23-8-1-2-15(10-23)18-20-7-9-22(18)11-16-12-26-13-21-16/h7,9,12-15,17,24H,1-6,8,10-11H2/t14?,15-,17?/m1/s1. The number of hydrogen-bond donors (Lipinski definition) is 1. The Morgan fingerprint density at radius 2 is 2.08 bits per heavy atom. The number of likely N-dealkylation sites (tertiary alicyclic amines) is 1. The summed E-state index contributed by atoms with van der Waals surface area (Å²) in [5.41, 5.74) is 2.91. The van der Waals surface area contributed by atoms with Crippen molar-refractivity contribution in [3.05, 3.63) is 34.8 Å². The van der Waals surface area contributed by atoms with Gasteiger partial charge in [0.05, 0.1) is 23.9 Å². The van der Waals surface area contributed by atoms with Crippen molar-refractivity contribution in [2.45, 2.75) is 57.1 Å². The van der Waals surface area contributed by atoms with Crippen LogP contribution in [-0.2, 0) is 11.3 Å². The van der Waals surface area contributed by atoms with Crippen molar-refractivity contribution in [2.24, 2.45) is 5.92 Å². The number of amides is 1. The Morgan fingerprint density at radius 1 is 1.23 bits per heavy atom. The summed E-state index contributed by atoms with van der Waals surface area (Å²) in [6, 6.07) is 0. The molecular weight excluding hydrogens is 348 g/mol. The predicted octanol–water partition coefficient (Wildman–Crippen LogP) is 2.65. The molecule has 1 atom stereocenters. The van der Waals surface area contributed by atoms with Crippen LogP contribution in [-0.4, -0.2) is 49.6 Å². The molecule has 1 aliphatic carbocycles. The Labute approximate surface area is 157 Å². The number of aromatic nitrogens is 3. The van der Waals surface area contributed by atoms with Crippen LogP contribution in [0.2, 0.25) is 0 Å². The third-order valence-corrected chi connectivity index (χ3v) is 6.34. The van der Waals surface area contributed by atoms with E-state index in [-0.39, 0.29) is 23.8 Å². The fourth-order valence-corrected chi connectivity index (χ4v) is 4.82. The molecule has 3 heterocycles. The molecular formula is C19H26N4O2S. The van der Waals surface area contributed by atoms with Crippen LogP contribution < -0.4 is 0 Å². The van der Waals surface area contributed by atoms with E-state index in [1.54, 1.807) is 11.3 Å². The van der Waals surface area contributed by atoms with Crippen molar-refractivity contribution >= 4 is 17.2 Å². The van der Waals surface area contributed by atoms with E-state index in [9.17, 15) is 9.90 Å². The minimum absolute atomic E-state index is 0.0897. The number of nitrogens with zero attached hydrogens (tertiary/aromatic N) is 4. The van der Waals surface area contributed by atoms with E-state index in [1.165, 1.54) is 0 Å². The first kappa shape index (κ1) is 17.7. The molecule has 6 nitrogen and oxygen atoms in total. The monoisotopic (exact) mass is 374 g/mol. The van der Waals surface area contributed by atoms with Crippen molar-refractivity contribution in [1.29, 1.82) is 0 Å². The van der Waals surface area contributed by atoms with Crippen molar-refractivity contribution in [3.63, 3.8) is 0 Å². The summed E-state index contributed by atoms with van der Waals surface area (Å²) in [6.45, 7) is 2.34. The lowest BCUT2D eigenvalue weighted by Gasteiger charge is -2.36. The maximum Gasteiger partial charge on any atom is 0.225 e. The molecule has 1 saturated carbocycles. The summed E-state index contributed by atoms with van der Waals surface area (Å²) in [5, 5.41) is 11.7. The number of aliphatic hydroxyl groups excluding tert-OH is 1. The van der Waals surface area contributed by atoms with E-state index in [4.69, 9.17) is 0 Å². The lowest BCUT2D eigenvalue weighted by Crippen LogP contribution is -2.43. The predicted molar refractivity (Wildman–Crippen MR) is 100.0 cm³/mol. The van der Waals surface area contributed by atoms with Crippen molar-refractivity contribution < 1.29 is 9.90 Å². The summed E-state index contributed by atoms with van der Waals surface area (Å²) in [6.07, 6.45) is 8.89. The number of hydrogen-bond acceptors (Lipinski definition) is 5. The van der Waals surface area contributed by atoms with Gasteiger partial charge in [0.2, 0.25) is 5.91 Å². The van der Waals surface area contributed by atoms with Crippen molar-refractivity contribution in [2.75, 3.05) is 13.1 Å². The maximum atomic E-state index is 12.9. The third kappa shape index (κ3) is 3.83. The molecule has 0 unspecified atom stereocenters. The van der Waals surface area contributed by atoms with Gasteiger partial charge in [0.1, 0.15) is 5.82 Å². The van der Waals surface area contributed by atoms with Gasteiger partial charge in [-0.3, -0.25) is 4.79 Å². The molecule has 26 heavy (non-hydrogen) atoms. The van der Waals surface area contributed by atoms with E-state index in [2.05, 4.69) is 19.9 Å². The number of piperidine rings is 1. The quantitative estimate of drug-likeness (QED) is 0.893. The molecule has 0 aromatic carbocycles. The molecule has 2 aromatic rings. The van der Waals surface area contributed by atoms with Crippen molar-refractivity contribution in [3.8, 4) is 0 Å². The highest BCUT2D eigenvalue weighted by atomic mass is 32.1. The van der Waals surface area contributed by atoms with Gasteiger partial charge in [0.15, 0.2) is 0 Å². The first-order valence-corrected chi connectivity index (χ1v) is 10.5. The van der Waals surface area contributed by atoms with Gasteiger partial charge >= 0.3 is 0 Å². The lowest BCUT2D eigenvalue weighted by atomic mass is 9.85. The molecule has 4 rings (SSSR count). The van der Waals surface area contributed by atoms with Crippen LogP contribution in [0.25, 0.3) is 0 Å². The van der Waals surface area contributed by atoms with Gasteiger partial charge in [0, 0.05) is 42.7 Å². The Balaban J connectivity index is 1.42. The number of rotatable bonds is 4. The second-order valence-electron chi connectivity index (χ2n) is 7.52. The number of carbonyl (C=O) groups is 1. The smallest absolute Gasteiger partial charge is 0.225 e. The molecule has 1 amide bonds. The van der Waals surface area contributed by atoms with E-state index < -0.39 is 0 Å². The third-order valence-electron chi connectivity index (χ3n) is 5.71. The van der Waals surface area contributed by atoms with Gasteiger partial charge in [-0.2, -0.15) is 0 Å². The van der Waals surface area contributed by atoms with Gasteiger partial charge in [-0.25, -0.2) is 9.97 Å². The Hall–Kier alpha value is -1.73. The van der Waals surface area contributed by atoms with Gasteiger partial charge in [-0.15, -0.1) is 11.3 Å². The summed E-state index contributed by atoms with van der Waals surface area (Å²) in [4.78, 5) is 23.9. The average molecular weight is 375 g/mol. The Bertz CT molecular complexity index is 722. The van der Waals surface area contributed by atoms with Crippen molar-refractivity contribution in [1.82, 2.24) is 19.4 Å². The minimum atomic E-state index is -0.216. The maximum absolute atomic E-state index is 12.9. The highest BCUT2D eigenvalue weighted by Crippen LogP contribution is 2.31. The number of carbonyl (C=O) groups excluding carboxylic acids is 1. The number of thiazole rings is 1. The molecule has 1 aliphatic heterocycles. The molecule has 7 heteroatoms. The molecule has 140 valence electrons. The number of imidazole rings is 1. The van der Waals surface area contributed by atoms with Crippen LogP contribution in [0.1, 0.15) is 56.0 Å². The molecule has 2 aromatic heterocycles. The second kappa shape index (κ2) is 7.88. The fourth-order valence-electron chi connectivity index (χ4n) is 4.27. The summed E-state index contributed by atoms with van der Waals surface area (Å²) < 4.78 is 2.17. The van der Waals surface area contributed by atoms with Crippen LogP contribution in [0.5, 0.6) is 0 Å². The summed E-state index contributed by atoms with van der Waals surface area (Å²) >= 11 is 1.61. The fraction of sp³-hybridized carbons (Fsp3) is 0.632. The SMILES string of the molecule is O=C(C1CCC(O)CC1)N1CCC[C@@H](c2nccn2Cc2cscn2)C1. The van der Waals surface area contributed by atoms with Crippen LogP contribution in [0.4, 0.5) is 0 Å². The topological polar surface area (TPSA) is 71.2 Å². The lowest BCUT2D eigenvalue weighted by molar-refractivity contribution is -0.138. The van der Waals surface area contributed by atoms with E-state index in [1.807, 2.05) is 22.8 Å². The summed E-state index contributed by atoms with van der Waals surface area (Å²) in [5.74, 6) is 1.72. The van der Waals surface area contributed by atoms with E-state index >= 15 is 0 Å². The molecule has 2 aliphatic rings. The van der Waals surface area contributed by atoms with Gasteiger partial charge in [0.25, 0.3) is 0 Å². The zero-order valence-corrected chi connectivity index (χ0v) is 15.8. The number of aliphatic hydroxyl groups is 1. The van der Waals surface area contributed by atoms with E-state index in [0.29, 0.717) is 0 Å². The second-order valence-corrected chi connectivity index (χ2v) is 8.24.